The molecule has 1 heterocycles. The zero-order valence-electron chi connectivity index (χ0n) is 11.7. The van der Waals surface area contributed by atoms with Crippen LogP contribution in [0.1, 0.15) is 23.0 Å². The number of nitrogens with one attached hydrogen (secondary N) is 2. The van der Waals surface area contributed by atoms with Gasteiger partial charge in [-0.15, -0.1) is 0 Å². The van der Waals surface area contributed by atoms with Gasteiger partial charge < -0.3 is 10.6 Å². The smallest absolute Gasteiger partial charge is 0.259 e. The van der Waals surface area contributed by atoms with Gasteiger partial charge in [0.1, 0.15) is 5.82 Å². The largest absolute Gasteiger partial charge is 0.385 e. The summed E-state index contributed by atoms with van der Waals surface area (Å²) in [5.41, 5.74) is 2.31. The van der Waals surface area contributed by atoms with Crippen LogP contribution in [0.3, 0.4) is 0 Å². The number of hydrogen-bond acceptors (Lipinski definition) is 3. The molecular weight excluding hydrogens is 337 g/mol. The fraction of sp³-hybridized carbons (Fsp3) is 0.200. The van der Waals surface area contributed by atoms with Gasteiger partial charge in [0.05, 0.1) is 16.9 Å². The van der Waals surface area contributed by atoms with Crippen molar-refractivity contribution in [1.29, 1.82) is 0 Å². The number of carbonyl (C=O) groups excluding carboxylic acids is 1. The number of carbonyl (C=O) groups is 1. The molecule has 0 spiro atoms. The number of rotatable bonds is 4. The van der Waals surface area contributed by atoms with E-state index in [0.29, 0.717) is 28.0 Å². The first-order chi connectivity index (χ1) is 10.0. The molecule has 4 nitrogen and oxygen atoms in total. The molecule has 2 N–H and O–H groups in total. The summed E-state index contributed by atoms with van der Waals surface area (Å²) < 4.78 is 13.9. The van der Waals surface area contributed by atoms with Gasteiger partial charge in [0.2, 0.25) is 0 Å². The van der Waals surface area contributed by atoms with Crippen LogP contribution >= 0.6 is 15.9 Å². The summed E-state index contributed by atoms with van der Waals surface area (Å²) in [4.78, 5) is 16.5. The molecule has 0 saturated carbocycles. The van der Waals surface area contributed by atoms with Crippen molar-refractivity contribution in [2.75, 3.05) is 17.2 Å². The number of benzene rings is 1. The molecule has 0 aliphatic rings. The van der Waals surface area contributed by atoms with E-state index in [1.165, 1.54) is 18.3 Å². The van der Waals surface area contributed by atoms with Gasteiger partial charge in [-0.25, -0.2) is 4.39 Å². The molecule has 0 radical (unpaired) electrons. The number of pyridine rings is 1. The Labute approximate surface area is 130 Å². The Balaban J connectivity index is 2.30. The van der Waals surface area contributed by atoms with E-state index in [2.05, 4.69) is 31.5 Å². The highest BCUT2D eigenvalue weighted by molar-refractivity contribution is 9.10. The molecule has 0 atom stereocenters. The van der Waals surface area contributed by atoms with E-state index in [0.717, 1.165) is 5.69 Å². The first-order valence-corrected chi connectivity index (χ1v) is 7.27. The molecule has 0 aliphatic carbocycles. The Morgan fingerprint density at radius 2 is 2.10 bits per heavy atom. The van der Waals surface area contributed by atoms with Crippen LogP contribution in [0.15, 0.2) is 34.9 Å². The van der Waals surface area contributed by atoms with Crippen molar-refractivity contribution in [2.24, 2.45) is 0 Å². The minimum absolute atomic E-state index is 0.343. The third-order valence-electron chi connectivity index (χ3n) is 2.83. The number of anilines is 2. The van der Waals surface area contributed by atoms with Crippen LogP contribution in [0.2, 0.25) is 0 Å². The molecule has 1 aromatic carbocycles. The maximum atomic E-state index is 13.3. The lowest BCUT2D eigenvalue weighted by Gasteiger charge is -2.12. The van der Waals surface area contributed by atoms with Gasteiger partial charge in [0.15, 0.2) is 0 Å². The zero-order chi connectivity index (χ0) is 15.4. The van der Waals surface area contributed by atoms with Crippen LogP contribution in [0.5, 0.6) is 0 Å². The number of nitrogens with zero attached hydrogens (tertiary/aromatic N) is 1. The van der Waals surface area contributed by atoms with E-state index >= 15 is 0 Å². The third-order valence-corrected chi connectivity index (χ3v) is 3.52. The van der Waals surface area contributed by atoms with Crippen LogP contribution in [-0.4, -0.2) is 17.4 Å². The van der Waals surface area contributed by atoms with E-state index < -0.39 is 5.82 Å². The summed E-state index contributed by atoms with van der Waals surface area (Å²) in [7, 11) is 0. The highest BCUT2D eigenvalue weighted by Crippen LogP contribution is 2.25. The van der Waals surface area contributed by atoms with Crippen molar-refractivity contribution in [1.82, 2.24) is 4.98 Å². The molecule has 0 saturated heterocycles. The Morgan fingerprint density at radius 1 is 1.33 bits per heavy atom. The molecule has 110 valence electrons. The van der Waals surface area contributed by atoms with Crippen molar-refractivity contribution in [3.8, 4) is 0 Å². The average molecular weight is 352 g/mol. The maximum Gasteiger partial charge on any atom is 0.259 e. The number of aromatic nitrogens is 1. The summed E-state index contributed by atoms with van der Waals surface area (Å²) in [6.07, 6.45) is 1.51. The summed E-state index contributed by atoms with van der Waals surface area (Å²) in [5, 5.41) is 5.80. The zero-order valence-corrected chi connectivity index (χ0v) is 13.3. The predicted octanol–water partition coefficient (Wildman–Crippen LogP) is 3.98. The Kier molecular flexibility index (Phi) is 4.90. The van der Waals surface area contributed by atoms with Crippen LogP contribution in [0, 0.1) is 12.7 Å². The van der Waals surface area contributed by atoms with E-state index in [4.69, 9.17) is 0 Å². The molecule has 21 heavy (non-hydrogen) atoms. The van der Waals surface area contributed by atoms with Gasteiger partial charge in [-0.1, -0.05) is 0 Å². The molecule has 0 bridgehead atoms. The highest BCUT2D eigenvalue weighted by Gasteiger charge is 2.14. The fourth-order valence-electron chi connectivity index (χ4n) is 1.86. The predicted molar refractivity (Wildman–Crippen MR) is 85.2 cm³/mol. The average Bonchev–Trinajstić information content (AvgIpc) is 2.43. The SMILES string of the molecule is CCNc1cc(C)ncc1C(=O)Nc1cc(F)ccc1Br. The normalized spacial score (nSPS) is 10.3. The van der Waals surface area contributed by atoms with Crippen LogP contribution < -0.4 is 10.6 Å². The molecule has 6 heteroatoms. The molecule has 1 amide bonds. The second-order valence-corrected chi connectivity index (χ2v) is 5.33. The molecule has 2 aromatic rings. The van der Waals surface area contributed by atoms with Crippen LogP contribution in [0.25, 0.3) is 0 Å². The van der Waals surface area contributed by atoms with Crippen molar-refractivity contribution < 1.29 is 9.18 Å². The number of halogens is 2. The van der Waals surface area contributed by atoms with E-state index in [9.17, 15) is 9.18 Å². The quantitative estimate of drug-likeness (QED) is 0.875. The summed E-state index contributed by atoms with van der Waals surface area (Å²) in [6.45, 7) is 4.49. The summed E-state index contributed by atoms with van der Waals surface area (Å²) >= 11 is 3.28. The molecular formula is C15H15BrFN3O. The van der Waals surface area contributed by atoms with Gasteiger partial charge in [0, 0.05) is 22.9 Å². The molecule has 0 unspecified atom stereocenters. The molecule has 1 aromatic heterocycles. The van der Waals surface area contributed by atoms with Gasteiger partial charge in [-0.3, -0.25) is 9.78 Å². The molecule has 2 rings (SSSR count). The minimum atomic E-state index is -0.414. The fourth-order valence-corrected chi connectivity index (χ4v) is 2.21. The van der Waals surface area contributed by atoms with Gasteiger partial charge in [-0.2, -0.15) is 0 Å². The molecule has 0 fully saturated rings. The van der Waals surface area contributed by atoms with Gasteiger partial charge in [-0.05, 0) is 54.0 Å². The Hall–Kier alpha value is -1.95. The van der Waals surface area contributed by atoms with Gasteiger partial charge in [0.25, 0.3) is 5.91 Å². The van der Waals surface area contributed by atoms with E-state index in [1.54, 1.807) is 12.1 Å². The first kappa shape index (κ1) is 15.4. The van der Waals surface area contributed by atoms with E-state index in [-0.39, 0.29) is 5.91 Å². The van der Waals surface area contributed by atoms with E-state index in [1.807, 2.05) is 13.8 Å². The van der Waals surface area contributed by atoms with Gasteiger partial charge >= 0.3 is 0 Å². The topological polar surface area (TPSA) is 54.0 Å². The number of amides is 1. The second-order valence-electron chi connectivity index (χ2n) is 4.48. The van der Waals surface area contributed by atoms with Crippen molar-refractivity contribution in [3.63, 3.8) is 0 Å². The maximum absolute atomic E-state index is 13.3. The molecule has 0 aliphatic heterocycles. The summed E-state index contributed by atoms with van der Waals surface area (Å²) in [6, 6.07) is 5.93. The van der Waals surface area contributed by atoms with Crippen molar-refractivity contribution in [2.45, 2.75) is 13.8 Å². The second kappa shape index (κ2) is 6.67. The minimum Gasteiger partial charge on any atom is -0.385 e. The lowest BCUT2D eigenvalue weighted by Crippen LogP contribution is -2.16. The van der Waals surface area contributed by atoms with Crippen molar-refractivity contribution in [3.05, 3.63) is 52.0 Å². The van der Waals surface area contributed by atoms with Crippen LogP contribution in [-0.2, 0) is 0 Å². The van der Waals surface area contributed by atoms with Crippen molar-refractivity contribution >= 4 is 33.2 Å². The lowest BCUT2D eigenvalue weighted by atomic mass is 10.2. The monoisotopic (exact) mass is 351 g/mol. The number of hydrogen-bond donors (Lipinski definition) is 2. The lowest BCUT2D eigenvalue weighted by molar-refractivity contribution is 0.102. The standard InChI is InChI=1S/C15H15BrFN3O/c1-3-18-13-6-9(2)19-8-11(13)15(21)20-14-7-10(17)4-5-12(14)16/h4-8H,3H2,1-2H3,(H,18,19)(H,20,21). The highest BCUT2D eigenvalue weighted by atomic mass is 79.9. The third kappa shape index (κ3) is 3.78. The Bertz CT molecular complexity index is 676. The van der Waals surface area contributed by atoms with Crippen LogP contribution in [0.4, 0.5) is 15.8 Å². The first-order valence-electron chi connectivity index (χ1n) is 6.48. The number of aryl methyl sites for hydroxylation is 1. The summed E-state index contributed by atoms with van der Waals surface area (Å²) in [5.74, 6) is -0.757. The Morgan fingerprint density at radius 3 is 2.81 bits per heavy atom.